The van der Waals surface area contributed by atoms with E-state index in [-0.39, 0.29) is 5.54 Å². The van der Waals surface area contributed by atoms with E-state index in [9.17, 15) is 5.11 Å². The smallest absolute Gasteiger partial charge is 0.0923 e. The zero-order valence-corrected chi connectivity index (χ0v) is 11.4. The molecule has 0 aliphatic heterocycles. The van der Waals surface area contributed by atoms with Gasteiger partial charge in [0.1, 0.15) is 0 Å². The number of hydrogen-bond acceptors (Lipinski definition) is 2. The Kier molecular flexibility index (Phi) is 3.26. The Hall–Kier alpha value is -1.61. The predicted molar refractivity (Wildman–Crippen MR) is 73.3 cm³/mol. The molecule has 0 saturated heterocycles. The fourth-order valence-electron chi connectivity index (χ4n) is 1.81. The van der Waals surface area contributed by atoms with Crippen LogP contribution in [0.3, 0.4) is 0 Å². The van der Waals surface area contributed by atoms with Crippen LogP contribution in [0.4, 0.5) is 0 Å². The maximum Gasteiger partial charge on any atom is 0.0923 e. The van der Waals surface area contributed by atoms with Gasteiger partial charge in [-0.2, -0.15) is 5.10 Å². The SMILES string of the molecule is C[C@H](O)c1cccc(-c2ccn(C(C)(C)C)n2)c1. The number of hydrogen-bond donors (Lipinski definition) is 1. The fourth-order valence-corrected chi connectivity index (χ4v) is 1.81. The molecule has 18 heavy (non-hydrogen) atoms. The van der Waals surface area contributed by atoms with Crippen molar-refractivity contribution in [2.75, 3.05) is 0 Å². The summed E-state index contributed by atoms with van der Waals surface area (Å²) in [6.07, 6.45) is 1.54. The highest BCUT2D eigenvalue weighted by Gasteiger charge is 2.14. The highest BCUT2D eigenvalue weighted by molar-refractivity contribution is 5.59. The van der Waals surface area contributed by atoms with E-state index >= 15 is 0 Å². The summed E-state index contributed by atoms with van der Waals surface area (Å²) in [4.78, 5) is 0. The van der Waals surface area contributed by atoms with Crippen LogP contribution in [0.2, 0.25) is 0 Å². The van der Waals surface area contributed by atoms with Gasteiger partial charge in [-0.3, -0.25) is 4.68 Å². The summed E-state index contributed by atoms with van der Waals surface area (Å²) in [6, 6.07) is 9.88. The zero-order chi connectivity index (χ0) is 13.3. The lowest BCUT2D eigenvalue weighted by atomic mass is 10.1. The van der Waals surface area contributed by atoms with E-state index in [0.29, 0.717) is 0 Å². The van der Waals surface area contributed by atoms with E-state index in [0.717, 1.165) is 16.8 Å². The van der Waals surface area contributed by atoms with E-state index in [1.807, 2.05) is 41.2 Å². The molecular formula is C15H20N2O. The molecule has 1 N–H and O–H groups in total. The van der Waals surface area contributed by atoms with Crippen molar-refractivity contribution >= 4 is 0 Å². The molecule has 1 aromatic carbocycles. The maximum atomic E-state index is 9.60. The number of aromatic nitrogens is 2. The van der Waals surface area contributed by atoms with Crippen LogP contribution < -0.4 is 0 Å². The molecule has 0 spiro atoms. The van der Waals surface area contributed by atoms with Gasteiger partial charge in [-0.25, -0.2) is 0 Å². The first-order valence-electron chi connectivity index (χ1n) is 6.22. The van der Waals surface area contributed by atoms with Crippen molar-refractivity contribution in [2.45, 2.75) is 39.3 Å². The van der Waals surface area contributed by atoms with Gasteiger partial charge in [0.15, 0.2) is 0 Å². The molecular weight excluding hydrogens is 224 g/mol. The molecule has 0 radical (unpaired) electrons. The van der Waals surface area contributed by atoms with Gasteiger partial charge in [0, 0.05) is 11.8 Å². The van der Waals surface area contributed by atoms with Gasteiger partial charge < -0.3 is 5.11 Å². The van der Waals surface area contributed by atoms with Crippen LogP contribution in [0.25, 0.3) is 11.3 Å². The summed E-state index contributed by atoms with van der Waals surface area (Å²) < 4.78 is 1.96. The molecule has 0 aliphatic carbocycles. The van der Waals surface area contributed by atoms with Crippen LogP contribution in [0, 0.1) is 0 Å². The van der Waals surface area contributed by atoms with Gasteiger partial charge in [0.25, 0.3) is 0 Å². The predicted octanol–water partition coefficient (Wildman–Crippen LogP) is 3.36. The first-order chi connectivity index (χ1) is 8.38. The largest absolute Gasteiger partial charge is 0.389 e. The lowest BCUT2D eigenvalue weighted by Gasteiger charge is -2.18. The molecule has 3 nitrogen and oxygen atoms in total. The molecule has 2 rings (SSSR count). The first kappa shape index (κ1) is 12.8. The number of nitrogens with zero attached hydrogens (tertiary/aromatic N) is 2. The van der Waals surface area contributed by atoms with Crippen LogP contribution in [0.15, 0.2) is 36.5 Å². The molecule has 0 fully saturated rings. The molecule has 0 amide bonds. The molecule has 3 heteroatoms. The summed E-state index contributed by atoms with van der Waals surface area (Å²) >= 11 is 0. The van der Waals surface area contributed by atoms with E-state index in [4.69, 9.17) is 0 Å². The Morgan fingerprint density at radius 1 is 1.22 bits per heavy atom. The third-order valence-electron chi connectivity index (χ3n) is 2.94. The molecule has 0 saturated carbocycles. The minimum Gasteiger partial charge on any atom is -0.389 e. The Labute approximate surface area is 108 Å². The van der Waals surface area contributed by atoms with Gasteiger partial charge in [0.05, 0.1) is 17.3 Å². The topological polar surface area (TPSA) is 38.0 Å². The molecule has 0 bridgehead atoms. The van der Waals surface area contributed by atoms with Gasteiger partial charge in [-0.15, -0.1) is 0 Å². The van der Waals surface area contributed by atoms with E-state index in [1.54, 1.807) is 6.92 Å². The minimum atomic E-state index is -0.449. The molecule has 1 atom stereocenters. The normalized spacial score (nSPS) is 13.6. The molecule has 2 aromatic rings. The quantitative estimate of drug-likeness (QED) is 0.879. The number of aliphatic hydroxyl groups excluding tert-OH is 1. The maximum absolute atomic E-state index is 9.60. The average Bonchev–Trinajstić information content (AvgIpc) is 2.78. The Morgan fingerprint density at radius 3 is 2.50 bits per heavy atom. The number of benzene rings is 1. The van der Waals surface area contributed by atoms with Crippen LogP contribution in [0.5, 0.6) is 0 Å². The van der Waals surface area contributed by atoms with Gasteiger partial charge >= 0.3 is 0 Å². The summed E-state index contributed by atoms with van der Waals surface area (Å²) in [7, 11) is 0. The molecule has 0 unspecified atom stereocenters. The fraction of sp³-hybridized carbons (Fsp3) is 0.400. The Morgan fingerprint density at radius 2 is 1.94 bits per heavy atom. The van der Waals surface area contributed by atoms with Crippen LogP contribution in [0.1, 0.15) is 39.4 Å². The van der Waals surface area contributed by atoms with Crippen molar-refractivity contribution in [3.05, 3.63) is 42.1 Å². The van der Waals surface area contributed by atoms with E-state index < -0.39 is 6.10 Å². The van der Waals surface area contributed by atoms with Crippen molar-refractivity contribution < 1.29 is 5.11 Å². The minimum absolute atomic E-state index is 0.0138. The second kappa shape index (κ2) is 4.58. The molecule has 0 aliphatic rings. The van der Waals surface area contributed by atoms with Crippen molar-refractivity contribution in [2.24, 2.45) is 0 Å². The molecule has 96 valence electrons. The lowest BCUT2D eigenvalue weighted by molar-refractivity contribution is 0.199. The van der Waals surface area contributed by atoms with Crippen molar-refractivity contribution in [3.8, 4) is 11.3 Å². The zero-order valence-electron chi connectivity index (χ0n) is 11.4. The Balaban J connectivity index is 2.37. The highest BCUT2D eigenvalue weighted by Crippen LogP contribution is 2.23. The van der Waals surface area contributed by atoms with Crippen LogP contribution >= 0.6 is 0 Å². The van der Waals surface area contributed by atoms with E-state index in [2.05, 4.69) is 25.9 Å². The highest BCUT2D eigenvalue weighted by atomic mass is 16.3. The summed E-state index contributed by atoms with van der Waals surface area (Å²) in [5, 5.41) is 14.2. The van der Waals surface area contributed by atoms with Gasteiger partial charge in [-0.1, -0.05) is 18.2 Å². The van der Waals surface area contributed by atoms with Gasteiger partial charge in [0.2, 0.25) is 0 Å². The molecule has 1 aromatic heterocycles. The standard InChI is InChI=1S/C15H20N2O/c1-11(18)12-6-5-7-13(10-12)14-8-9-17(16-14)15(2,3)4/h5-11,18H,1-4H3/t11-/m0/s1. The van der Waals surface area contributed by atoms with Crippen LogP contribution in [-0.2, 0) is 5.54 Å². The Bertz CT molecular complexity index is 535. The lowest BCUT2D eigenvalue weighted by Crippen LogP contribution is -2.22. The number of aliphatic hydroxyl groups is 1. The van der Waals surface area contributed by atoms with Crippen molar-refractivity contribution in [1.82, 2.24) is 9.78 Å². The third-order valence-corrected chi connectivity index (χ3v) is 2.94. The summed E-state index contributed by atoms with van der Waals surface area (Å²) in [5.74, 6) is 0. The third kappa shape index (κ3) is 2.62. The number of rotatable bonds is 2. The van der Waals surface area contributed by atoms with Crippen LogP contribution in [-0.4, -0.2) is 14.9 Å². The average molecular weight is 244 g/mol. The van der Waals surface area contributed by atoms with Crippen molar-refractivity contribution in [3.63, 3.8) is 0 Å². The monoisotopic (exact) mass is 244 g/mol. The second-order valence-corrected chi connectivity index (χ2v) is 5.62. The molecule has 1 heterocycles. The summed E-state index contributed by atoms with van der Waals surface area (Å²) in [5.41, 5.74) is 2.88. The van der Waals surface area contributed by atoms with E-state index in [1.165, 1.54) is 0 Å². The first-order valence-corrected chi connectivity index (χ1v) is 6.22. The van der Waals surface area contributed by atoms with Crippen molar-refractivity contribution in [1.29, 1.82) is 0 Å². The second-order valence-electron chi connectivity index (χ2n) is 5.62. The van der Waals surface area contributed by atoms with Gasteiger partial charge in [-0.05, 0) is 45.4 Å². The summed E-state index contributed by atoms with van der Waals surface area (Å²) in [6.45, 7) is 8.13.